The number of hydrogen-bond donors (Lipinski definition) is 2. The molecule has 0 saturated carbocycles. The van der Waals surface area contributed by atoms with Crippen molar-refractivity contribution in [1.82, 2.24) is 10.2 Å². The van der Waals surface area contributed by atoms with Gasteiger partial charge in [0, 0.05) is 12.6 Å². The summed E-state index contributed by atoms with van der Waals surface area (Å²) < 4.78 is 0. The van der Waals surface area contributed by atoms with Crippen molar-refractivity contribution in [1.29, 1.82) is 0 Å². The second-order valence-electron chi connectivity index (χ2n) is 4.56. The van der Waals surface area contributed by atoms with Crippen molar-refractivity contribution >= 4 is 0 Å². The summed E-state index contributed by atoms with van der Waals surface area (Å²) in [6.07, 6.45) is 1.17. The Hall–Kier alpha value is -0.900. The van der Waals surface area contributed by atoms with Crippen LogP contribution in [0.2, 0.25) is 0 Å². The lowest BCUT2D eigenvalue weighted by Crippen LogP contribution is -2.36. The summed E-state index contributed by atoms with van der Waals surface area (Å²) in [6, 6.07) is 10.7. The molecule has 1 fully saturated rings. The van der Waals surface area contributed by atoms with Crippen LogP contribution in [0.15, 0.2) is 30.3 Å². The molecule has 1 saturated heterocycles. The number of rotatable bonds is 4. The third-order valence-electron chi connectivity index (χ3n) is 3.21. The molecule has 0 amide bonds. The number of hydrogen-bond acceptors (Lipinski definition) is 3. The fourth-order valence-electron chi connectivity index (χ4n) is 2.30. The van der Waals surface area contributed by atoms with Gasteiger partial charge in [0.2, 0.25) is 0 Å². The van der Waals surface area contributed by atoms with Crippen LogP contribution in [0.25, 0.3) is 0 Å². The van der Waals surface area contributed by atoms with Crippen LogP contribution in [0, 0.1) is 0 Å². The number of nitrogens with zero attached hydrogens (tertiary/aromatic N) is 1. The van der Waals surface area contributed by atoms with Crippen LogP contribution in [0.1, 0.15) is 18.0 Å². The van der Waals surface area contributed by atoms with E-state index in [2.05, 4.69) is 29.4 Å². The van der Waals surface area contributed by atoms with Gasteiger partial charge in [-0.05, 0) is 25.6 Å². The summed E-state index contributed by atoms with van der Waals surface area (Å²) in [5.41, 5.74) is 1.17. The highest BCUT2D eigenvalue weighted by Crippen LogP contribution is 2.15. The highest BCUT2D eigenvalue weighted by Gasteiger charge is 2.22. The number of nitrogens with one attached hydrogen (secondary N) is 1. The molecule has 1 aliphatic heterocycles. The maximum atomic E-state index is 9.43. The molecule has 1 unspecified atom stereocenters. The van der Waals surface area contributed by atoms with Gasteiger partial charge >= 0.3 is 0 Å². The quantitative estimate of drug-likeness (QED) is 0.795. The number of benzene rings is 1. The van der Waals surface area contributed by atoms with E-state index in [1.54, 1.807) is 0 Å². The molecule has 1 aliphatic rings. The summed E-state index contributed by atoms with van der Waals surface area (Å²) in [5.74, 6) is 0. The molecule has 0 spiro atoms. The highest BCUT2D eigenvalue weighted by atomic mass is 16.3. The van der Waals surface area contributed by atoms with E-state index in [0.717, 1.165) is 13.1 Å². The summed E-state index contributed by atoms with van der Waals surface area (Å²) in [7, 11) is 2.14. The molecule has 1 heterocycles. The van der Waals surface area contributed by atoms with E-state index in [0.29, 0.717) is 6.04 Å². The average Bonchev–Trinajstić information content (AvgIpc) is 2.73. The largest absolute Gasteiger partial charge is 0.394 e. The van der Waals surface area contributed by atoms with E-state index in [9.17, 15) is 5.11 Å². The minimum atomic E-state index is 0.0673. The second-order valence-corrected chi connectivity index (χ2v) is 4.56. The SMILES string of the molecule is CN1CCC(N[C@H](CO)c2ccccc2)C1. The zero-order valence-electron chi connectivity index (χ0n) is 9.76. The van der Waals surface area contributed by atoms with Crippen LogP contribution in [0.3, 0.4) is 0 Å². The highest BCUT2D eigenvalue weighted by molar-refractivity contribution is 5.19. The molecule has 3 nitrogen and oxygen atoms in total. The lowest BCUT2D eigenvalue weighted by Gasteiger charge is -2.21. The maximum Gasteiger partial charge on any atom is 0.0626 e. The van der Waals surface area contributed by atoms with Gasteiger partial charge in [-0.15, -0.1) is 0 Å². The predicted molar refractivity (Wildman–Crippen MR) is 65.3 cm³/mol. The van der Waals surface area contributed by atoms with Gasteiger partial charge in [0.15, 0.2) is 0 Å². The maximum absolute atomic E-state index is 9.43. The Balaban J connectivity index is 1.96. The van der Waals surface area contributed by atoms with Crippen molar-refractivity contribution in [3.8, 4) is 0 Å². The fraction of sp³-hybridized carbons (Fsp3) is 0.538. The van der Waals surface area contributed by atoms with Crippen molar-refractivity contribution in [2.45, 2.75) is 18.5 Å². The van der Waals surface area contributed by atoms with E-state index >= 15 is 0 Å². The van der Waals surface area contributed by atoms with Crippen LogP contribution >= 0.6 is 0 Å². The van der Waals surface area contributed by atoms with Gasteiger partial charge in [0.05, 0.1) is 12.6 Å². The van der Waals surface area contributed by atoms with E-state index in [1.807, 2.05) is 18.2 Å². The van der Waals surface area contributed by atoms with Crippen molar-refractivity contribution < 1.29 is 5.11 Å². The zero-order valence-corrected chi connectivity index (χ0v) is 9.76. The third kappa shape index (κ3) is 2.82. The molecular formula is C13H20N2O. The lowest BCUT2D eigenvalue weighted by atomic mass is 10.1. The Bertz CT molecular complexity index is 315. The molecule has 2 rings (SSSR count). The van der Waals surface area contributed by atoms with Crippen LogP contribution < -0.4 is 5.32 Å². The normalized spacial score (nSPS) is 23.5. The summed E-state index contributed by atoms with van der Waals surface area (Å²) in [4.78, 5) is 2.32. The number of aliphatic hydroxyl groups is 1. The van der Waals surface area contributed by atoms with Crippen LogP contribution in [0.4, 0.5) is 0 Å². The van der Waals surface area contributed by atoms with E-state index in [4.69, 9.17) is 0 Å². The zero-order chi connectivity index (χ0) is 11.4. The molecule has 16 heavy (non-hydrogen) atoms. The van der Waals surface area contributed by atoms with Gasteiger partial charge in [0.25, 0.3) is 0 Å². The van der Waals surface area contributed by atoms with Crippen LogP contribution in [0.5, 0.6) is 0 Å². The van der Waals surface area contributed by atoms with Crippen LogP contribution in [-0.2, 0) is 0 Å². The first-order valence-corrected chi connectivity index (χ1v) is 5.90. The van der Waals surface area contributed by atoms with Crippen molar-refractivity contribution in [2.75, 3.05) is 26.7 Å². The minimum absolute atomic E-state index is 0.0673. The van der Waals surface area contributed by atoms with E-state index in [1.165, 1.54) is 12.0 Å². The Kier molecular flexibility index (Phi) is 3.93. The minimum Gasteiger partial charge on any atom is -0.394 e. The summed E-state index contributed by atoms with van der Waals surface area (Å²) in [6.45, 7) is 2.37. The fourth-order valence-corrected chi connectivity index (χ4v) is 2.30. The first-order chi connectivity index (χ1) is 7.79. The van der Waals surface area contributed by atoms with E-state index < -0.39 is 0 Å². The van der Waals surface area contributed by atoms with Crippen LogP contribution in [-0.4, -0.2) is 42.8 Å². The molecular weight excluding hydrogens is 200 g/mol. The number of aliphatic hydroxyl groups excluding tert-OH is 1. The number of likely N-dealkylation sites (N-methyl/N-ethyl adjacent to an activating group) is 1. The molecule has 1 aromatic rings. The molecule has 0 aliphatic carbocycles. The molecule has 2 N–H and O–H groups in total. The smallest absolute Gasteiger partial charge is 0.0626 e. The first-order valence-electron chi connectivity index (χ1n) is 5.90. The predicted octanol–water partition coefficient (Wildman–Crippen LogP) is 1.01. The summed E-state index contributed by atoms with van der Waals surface area (Å²) >= 11 is 0. The van der Waals surface area contributed by atoms with Gasteiger partial charge in [0.1, 0.15) is 0 Å². The Morgan fingerprint density at radius 1 is 1.44 bits per heavy atom. The third-order valence-corrected chi connectivity index (χ3v) is 3.21. The molecule has 88 valence electrons. The topological polar surface area (TPSA) is 35.5 Å². The van der Waals surface area contributed by atoms with Gasteiger partial charge in [-0.2, -0.15) is 0 Å². The molecule has 1 aromatic carbocycles. The Morgan fingerprint density at radius 3 is 2.75 bits per heavy atom. The first kappa shape index (κ1) is 11.6. The molecule has 0 radical (unpaired) electrons. The van der Waals surface area contributed by atoms with Crippen molar-refractivity contribution in [3.63, 3.8) is 0 Å². The van der Waals surface area contributed by atoms with Crippen molar-refractivity contribution in [2.24, 2.45) is 0 Å². The average molecular weight is 220 g/mol. The molecule has 2 atom stereocenters. The Morgan fingerprint density at radius 2 is 2.19 bits per heavy atom. The molecule has 0 bridgehead atoms. The monoisotopic (exact) mass is 220 g/mol. The van der Waals surface area contributed by atoms with Gasteiger partial charge in [-0.25, -0.2) is 0 Å². The number of likely N-dealkylation sites (tertiary alicyclic amines) is 1. The van der Waals surface area contributed by atoms with Crippen molar-refractivity contribution in [3.05, 3.63) is 35.9 Å². The van der Waals surface area contributed by atoms with E-state index in [-0.39, 0.29) is 12.6 Å². The second kappa shape index (κ2) is 5.43. The van der Waals surface area contributed by atoms with Gasteiger partial charge < -0.3 is 15.3 Å². The summed E-state index contributed by atoms with van der Waals surface area (Å²) in [5, 5.41) is 13.0. The standard InChI is InChI=1S/C13H20N2O/c1-15-8-7-12(9-15)14-13(10-16)11-5-3-2-4-6-11/h2-6,12-14,16H,7-10H2,1H3/t12?,13-/m1/s1. The molecule has 3 heteroatoms. The molecule has 0 aromatic heterocycles. The Labute approximate surface area is 97.1 Å². The lowest BCUT2D eigenvalue weighted by molar-refractivity contribution is 0.232. The van der Waals surface area contributed by atoms with Gasteiger partial charge in [-0.3, -0.25) is 0 Å². The van der Waals surface area contributed by atoms with Gasteiger partial charge in [-0.1, -0.05) is 30.3 Å².